The van der Waals surface area contributed by atoms with Gasteiger partial charge in [-0.1, -0.05) is 19.3 Å². The topological polar surface area (TPSA) is 125 Å². The molecule has 1 aliphatic heterocycles. The molecule has 0 atom stereocenters. The second-order valence-electron chi connectivity index (χ2n) is 8.62. The van der Waals surface area contributed by atoms with E-state index >= 15 is 0 Å². The second-order valence-corrected chi connectivity index (χ2v) is 10.9. The molecule has 1 saturated carbocycles. The maximum absolute atomic E-state index is 11.7. The van der Waals surface area contributed by atoms with Crippen molar-refractivity contribution in [2.24, 2.45) is 0 Å². The van der Waals surface area contributed by atoms with Gasteiger partial charge in [0.05, 0.1) is 30.6 Å². The third kappa shape index (κ3) is 4.82. The minimum absolute atomic E-state index is 0.170. The number of aromatic nitrogens is 4. The molecule has 0 amide bonds. The van der Waals surface area contributed by atoms with Crippen LogP contribution in [0.4, 0.5) is 23.1 Å². The van der Waals surface area contributed by atoms with Gasteiger partial charge in [0.25, 0.3) is 0 Å². The van der Waals surface area contributed by atoms with Gasteiger partial charge in [-0.2, -0.15) is 9.97 Å². The highest BCUT2D eigenvalue weighted by atomic mass is 32.2. The Morgan fingerprint density at radius 3 is 2.67 bits per heavy atom. The van der Waals surface area contributed by atoms with Gasteiger partial charge in [0.1, 0.15) is 11.3 Å². The van der Waals surface area contributed by atoms with Gasteiger partial charge in [0, 0.05) is 30.9 Å². The van der Waals surface area contributed by atoms with Crippen molar-refractivity contribution < 1.29 is 13.2 Å². The van der Waals surface area contributed by atoms with Crippen LogP contribution < -0.4 is 20.3 Å². The Kier molecular flexibility index (Phi) is 5.96. The van der Waals surface area contributed by atoms with E-state index in [1.807, 2.05) is 18.2 Å². The van der Waals surface area contributed by atoms with Crippen molar-refractivity contribution >= 4 is 44.1 Å². The number of fused-ring (bicyclic) bond motifs is 1. The summed E-state index contributed by atoms with van der Waals surface area (Å²) in [6, 6.07) is 6.17. The summed E-state index contributed by atoms with van der Waals surface area (Å²) in [5.41, 5.74) is 3.05. The quantitative estimate of drug-likeness (QED) is 0.497. The molecule has 176 valence electrons. The van der Waals surface area contributed by atoms with E-state index in [1.165, 1.54) is 19.3 Å². The molecule has 2 aromatic heterocycles. The summed E-state index contributed by atoms with van der Waals surface area (Å²) < 4.78 is 29.1. The van der Waals surface area contributed by atoms with Gasteiger partial charge >= 0.3 is 0 Å². The highest BCUT2D eigenvalue weighted by Gasteiger charge is 2.23. The summed E-state index contributed by atoms with van der Waals surface area (Å²) in [4.78, 5) is 18.8. The summed E-state index contributed by atoms with van der Waals surface area (Å²) in [6.07, 6.45) is 7.64. The molecule has 10 nitrogen and oxygen atoms in total. The van der Waals surface area contributed by atoms with Crippen molar-refractivity contribution in [3.05, 3.63) is 24.5 Å². The SMILES string of the molecule is COc1cc(N2CCS(=O)(=O)CC2)ccc1Nc1nc(NC2CCCCC2)c2[nH]cnc2n1. The zero-order chi connectivity index (χ0) is 22.8. The van der Waals surface area contributed by atoms with Crippen molar-refractivity contribution in [1.82, 2.24) is 19.9 Å². The van der Waals surface area contributed by atoms with Gasteiger partial charge in [-0.05, 0) is 25.0 Å². The van der Waals surface area contributed by atoms with Crippen molar-refractivity contribution in [3.63, 3.8) is 0 Å². The third-order valence-corrected chi connectivity index (χ3v) is 7.98. The number of anilines is 4. The minimum atomic E-state index is -2.93. The fourth-order valence-electron chi connectivity index (χ4n) is 4.50. The standard InChI is InChI=1S/C22H29N7O3S/c1-32-18-13-16(29-9-11-33(30,31)12-10-29)7-8-17(18)26-22-27-20-19(23-14-24-20)21(28-22)25-15-5-3-2-4-6-15/h7-8,13-15H,2-6,9-12H2,1H3,(H3,23,24,25,26,27,28). The smallest absolute Gasteiger partial charge is 0.231 e. The van der Waals surface area contributed by atoms with E-state index < -0.39 is 9.84 Å². The van der Waals surface area contributed by atoms with Crippen LogP contribution in [0.15, 0.2) is 24.5 Å². The van der Waals surface area contributed by atoms with Crippen LogP contribution in [-0.4, -0.2) is 66.1 Å². The molecular weight excluding hydrogens is 442 g/mol. The van der Waals surface area contributed by atoms with Gasteiger partial charge in [-0.3, -0.25) is 0 Å². The van der Waals surface area contributed by atoms with Gasteiger partial charge in [-0.25, -0.2) is 13.4 Å². The van der Waals surface area contributed by atoms with E-state index in [-0.39, 0.29) is 11.5 Å². The summed E-state index contributed by atoms with van der Waals surface area (Å²) in [7, 11) is -1.32. The zero-order valence-electron chi connectivity index (χ0n) is 18.7. The molecule has 1 saturated heterocycles. The first-order valence-electron chi connectivity index (χ1n) is 11.4. The van der Waals surface area contributed by atoms with E-state index in [0.717, 1.165) is 35.6 Å². The number of H-pyrrole nitrogens is 1. The predicted octanol–water partition coefficient (Wildman–Crippen LogP) is 3.08. The Bertz CT molecular complexity index is 1220. The van der Waals surface area contributed by atoms with E-state index in [2.05, 4.69) is 30.5 Å². The van der Waals surface area contributed by atoms with Crippen molar-refractivity contribution in [3.8, 4) is 5.75 Å². The minimum Gasteiger partial charge on any atom is -0.494 e. The molecule has 11 heteroatoms. The fraction of sp³-hybridized carbons (Fsp3) is 0.500. The summed E-state index contributed by atoms with van der Waals surface area (Å²) in [5, 5.41) is 6.84. The van der Waals surface area contributed by atoms with Crippen LogP contribution >= 0.6 is 0 Å². The highest BCUT2D eigenvalue weighted by molar-refractivity contribution is 7.91. The molecule has 0 spiro atoms. The van der Waals surface area contributed by atoms with Crippen LogP contribution in [0.5, 0.6) is 5.75 Å². The lowest BCUT2D eigenvalue weighted by Gasteiger charge is -2.29. The van der Waals surface area contributed by atoms with Crippen LogP contribution in [0.3, 0.4) is 0 Å². The molecular formula is C22H29N7O3S. The molecule has 3 heterocycles. The molecule has 0 radical (unpaired) electrons. The second kappa shape index (κ2) is 9.05. The lowest BCUT2D eigenvalue weighted by Crippen LogP contribution is -2.40. The summed E-state index contributed by atoms with van der Waals surface area (Å²) in [5.74, 6) is 2.15. The van der Waals surface area contributed by atoms with Crippen LogP contribution in [-0.2, 0) is 9.84 Å². The number of methoxy groups -OCH3 is 1. The lowest BCUT2D eigenvalue weighted by atomic mass is 9.95. The average molecular weight is 472 g/mol. The van der Waals surface area contributed by atoms with Crippen LogP contribution in [0.25, 0.3) is 11.2 Å². The van der Waals surface area contributed by atoms with Gasteiger partial charge in [-0.15, -0.1) is 0 Å². The molecule has 33 heavy (non-hydrogen) atoms. The molecule has 1 aliphatic carbocycles. The zero-order valence-corrected chi connectivity index (χ0v) is 19.5. The number of nitrogens with zero attached hydrogens (tertiary/aromatic N) is 4. The Labute approximate surface area is 193 Å². The Balaban J connectivity index is 1.38. The molecule has 0 unspecified atom stereocenters. The maximum atomic E-state index is 11.7. The number of ether oxygens (including phenoxy) is 1. The fourth-order valence-corrected chi connectivity index (χ4v) is 5.71. The Hall–Kier alpha value is -3.08. The third-order valence-electron chi connectivity index (χ3n) is 6.37. The molecule has 2 fully saturated rings. The van der Waals surface area contributed by atoms with Crippen molar-refractivity contribution in [2.45, 2.75) is 38.1 Å². The van der Waals surface area contributed by atoms with Gasteiger partial charge in [0.15, 0.2) is 21.3 Å². The maximum Gasteiger partial charge on any atom is 0.231 e. The number of imidazole rings is 1. The normalized spacial score (nSPS) is 18.9. The first kappa shape index (κ1) is 21.7. The number of sulfone groups is 1. The lowest BCUT2D eigenvalue weighted by molar-refractivity contribution is 0.416. The monoisotopic (exact) mass is 471 g/mol. The molecule has 0 bridgehead atoms. The summed E-state index contributed by atoms with van der Waals surface area (Å²) in [6.45, 7) is 0.959. The van der Waals surface area contributed by atoms with Crippen LogP contribution in [0, 0.1) is 0 Å². The average Bonchev–Trinajstić information content (AvgIpc) is 3.29. The van der Waals surface area contributed by atoms with Crippen molar-refractivity contribution in [1.29, 1.82) is 0 Å². The molecule has 3 aromatic rings. The molecule has 1 aromatic carbocycles. The largest absolute Gasteiger partial charge is 0.494 e. The number of hydrogen-bond donors (Lipinski definition) is 3. The van der Waals surface area contributed by atoms with E-state index in [9.17, 15) is 8.42 Å². The van der Waals surface area contributed by atoms with E-state index in [4.69, 9.17) is 9.72 Å². The predicted molar refractivity (Wildman–Crippen MR) is 129 cm³/mol. The number of hydrogen-bond acceptors (Lipinski definition) is 9. The van der Waals surface area contributed by atoms with Crippen molar-refractivity contribution in [2.75, 3.05) is 47.2 Å². The van der Waals surface area contributed by atoms with Gasteiger partial charge in [0.2, 0.25) is 5.95 Å². The van der Waals surface area contributed by atoms with Gasteiger partial charge < -0.3 is 25.3 Å². The highest BCUT2D eigenvalue weighted by Crippen LogP contribution is 2.33. The van der Waals surface area contributed by atoms with Crippen LogP contribution in [0.1, 0.15) is 32.1 Å². The number of rotatable bonds is 6. The first-order chi connectivity index (χ1) is 16.0. The number of benzene rings is 1. The number of aromatic amines is 1. The molecule has 3 N–H and O–H groups in total. The van der Waals surface area contributed by atoms with Crippen LogP contribution in [0.2, 0.25) is 0 Å². The Morgan fingerprint density at radius 1 is 1.12 bits per heavy atom. The molecule has 2 aliphatic rings. The number of nitrogens with one attached hydrogen (secondary N) is 3. The van der Waals surface area contributed by atoms with E-state index in [0.29, 0.717) is 36.5 Å². The molecule has 5 rings (SSSR count). The first-order valence-corrected chi connectivity index (χ1v) is 13.2. The van der Waals surface area contributed by atoms with E-state index in [1.54, 1.807) is 13.4 Å². The Morgan fingerprint density at radius 2 is 1.91 bits per heavy atom. The summed E-state index contributed by atoms with van der Waals surface area (Å²) >= 11 is 0.